The van der Waals surface area contributed by atoms with Crippen molar-refractivity contribution in [2.24, 2.45) is 0 Å². The number of nitrogens with one attached hydrogen (secondary N) is 2. The predicted octanol–water partition coefficient (Wildman–Crippen LogP) is 0.461. The summed E-state index contributed by atoms with van der Waals surface area (Å²) in [5.74, 6) is 0. The Morgan fingerprint density at radius 2 is 2.54 bits per heavy atom. The second-order valence-electron chi connectivity index (χ2n) is 3.76. The van der Waals surface area contributed by atoms with E-state index < -0.39 is 0 Å². The Labute approximate surface area is 79.1 Å². The van der Waals surface area contributed by atoms with E-state index in [-0.39, 0.29) is 0 Å². The van der Waals surface area contributed by atoms with Crippen LogP contribution >= 0.6 is 0 Å². The first-order chi connectivity index (χ1) is 6.36. The van der Waals surface area contributed by atoms with Crippen molar-refractivity contribution in [3.63, 3.8) is 0 Å². The Bertz CT molecular complexity index is 243. The van der Waals surface area contributed by atoms with Crippen molar-refractivity contribution in [2.45, 2.75) is 12.5 Å². The predicted molar refractivity (Wildman–Crippen MR) is 53.8 cm³/mol. The van der Waals surface area contributed by atoms with Crippen molar-refractivity contribution in [3.05, 3.63) is 24.0 Å². The zero-order valence-electron chi connectivity index (χ0n) is 8.09. The monoisotopic (exact) mass is 179 g/mol. The number of nitrogens with zero attached hydrogens (tertiary/aromatic N) is 1. The van der Waals surface area contributed by atoms with E-state index in [1.807, 2.05) is 6.20 Å². The summed E-state index contributed by atoms with van der Waals surface area (Å²) in [4.78, 5) is 5.53. The van der Waals surface area contributed by atoms with E-state index in [1.165, 1.54) is 5.56 Å². The lowest BCUT2D eigenvalue weighted by molar-refractivity contribution is 0.199. The first-order valence-electron chi connectivity index (χ1n) is 4.89. The number of piperazine rings is 1. The van der Waals surface area contributed by atoms with Crippen molar-refractivity contribution >= 4 is 0 Å². The Hall–Kier alpha value is -0.800. The van der Waals surface area contributed by atoms with Gasteiger partial charge < -0.3 is 15.2 Å². The molecule has 3 nitrogen and oxygen atoms in total. The van der Waals surface area contributed by atoms with E-state index >= 15 is 0 Å². The number of aromatic amines is 1. The Morgan fingerprint density at radius 3 is 3.23 bits per heavy atom. The fraction of sp³-hybridized carbons (Fsp3) is 0.600. The van der Waals surface area contributed by atoms with Crippen LogP contribution < -0.4 is 5.32 Å². The van der Waals surface area contributed by atoms with Crippen LogP contribution in [0.3, 0.4) is 0 Å². The maximum Gasteiger partial charge on any atom is 0.0259 e. The van der Waals surface area contributed by atoms with Gasteiger partial charge in [0.2, 0.25) is 0 Å². The topological polar surface area (TPSA) is 31.1 Å². The molecule has 0 radical (unpaired) electrons. The molecule has 0 spiro atoms. The van der Waals surface area contributed by atoms with Gasteiger partial charge in [-0.1, -0.05) is 0 Å². The first kappa shape index (κ1) is 8.78. The minimum atomic E-state index is 0.657. The van der Waals surface area contributed by atoms with Crippen LogP contribution in [0.1, 0.15) is 5.56 Å². The lowest BCUT2D eigenvalue weighted by Crippen LogP contribution is -2.50. The van der Waals surface area contributed by atoms with Crippen LogP contribution in [0.5, 0.6) is 0 Å². The molecule has 2 rings (SSSR count). The molecule has 1 unspecified atom stereocenters. The summed E-state index contributed by atoms with van der Waals surface area (Å²) in [6.45, 7) is 3.40. The molecule has 0 aromatic carbocycles. The molecule has 72 valence electrons. The lowest BCUT2D eigenvalue weighted by atomic mass is 10.1. The van der Waals surface area contributed by atoms with Gasteiger partial charge in [-0.3, -0.25) is 0 Å². The van der Waals surface area contributed by atoms with Crippen LogP contribution in [0.2, 0.25) is 0 Å². The SMILES string of the molecule is CN1CCNCC1Cc1cc[nH]c1. The number of H-pyrrole nitrogens is 1. The largest absolute Gasteiger partial charge is 0.367 e. The molecule has 13 heavy (non-hydrogen) atoms. The van der Waals surface area contributed by atoms with E-state index in [0.717, 1.165) is 26.1 Å². The highest BCUT2D eigenvalue weighted by molar-refractivity contribution is 5.10. The second kappa shape index (κ2) is 3.94. The van der Waals surface area contributed by atoms with Gasteiger partial charge in [0, 0.05) is 38.1 Å². The van der Waals surface area contributed by atoms with Gasteiger partial charge in [-0.15, -0.1) is 0 Å². The van der Waals surface area contributed by atoms with Crippen molar-refractivity contribution in [1.82, 2.24) is 15.2 Å². The second-order valence-corrected chi connectivity index (χ2v) is 3.76. The van der Waals surface area contributed by atoms with Gasteiger partial charge >= 0.3 is 0 Å². The van der Waals surface area contributed by atoms with Gasteiger partial charge in [0.15, 0.2) is 0 Å². The molecular formula is C10H17N3. The Morgan fingerprint density at radius 1 is 1.62 bits per heavy atom. The fourth-order valence-corrected chi connectivity index (χ4v) is 1.85. The smallest absolute Gasteiger partial charge is 0.0259 e. The maximum absolute atomic E-state index is 3.43. The molecule has 1 aromatic heterocycles. The molecule has 0 amide bonds. The van der Waals surface area contributed by atoms with E-state index in [4.69, 9.17) is 0 Å². The van der Waals surface area contributed by atoms with Gasteiger partial charge in [0.25, 0.3) is 0 Å². The van der Waals surface area contributed by atoms with E-state index in [2.05, 4.69) is 34.5 Å². The van der Waals surface area contributed by atoms with Crippen molar-refractivity contribution in [2.75, 3.05) is 26.7 Å². The van der Waals surface area contributed by atoms with Crippen molar-refractivity contribution < 1.29 is 0 Å². The third kappa shape index (κ3) is 2.11. The van der Waals surface area contributed by atoms with Gasteiger partial charge in [-0.25, -0.2) is 0 Å². The molecule has 1 aliphatic rings. The maximum atomic E-state index is 3.43. The molecule has 1 fully saturated rings. The van der Waals surface area contributed by atoms with Gasteiger partial charge in [0.05, 0.1) is 0 Å². The molecule has 1 aliphatic heterocycles. The molecule has 1 atom stereocenters. The zero-order chi connectivity index (χ0) is 9.10. The van der Waals surface area contributed by atoms with Gasteiger partial charge in [-0.2, -0.15) is 0 Å². The first-order valence-corrected chi connectivity index (χ1v) is 4.89. The number of aromatic nitrogens is 1. The average Bonchev–Trinajstić information content (AvgIpc) is 2.61. The van der Waals surface area contributed by atoms with Crippen LogP contribution in [0, 0.1) is 0 Å². The summed E-state index contributed by atoms with van der Waals surface area (Å²) in [6, 6.07) is 2.81. The highest BCUT2D eigenvalue weighted by Gasteiger charge is 2.18. The van der Waals surface area contributed by atoms with Crippen LogP contribution in [-0.4, -0.2) is 42.6 Å². The molecular weight excluding hydrogens is 162 g/mol. The van der Waals surface area contributed by atoms with Gasteiger partial charge in [0.1, 0.15) is 0 Å². The molecule has 1 saturated heterocycles. The van der Waals surface area contributed by atoms with Crippen LogP contribution in [0.15, 0.2) is 18.5 Å². The molecule has 3 heteroatoms. The number of hydrogen-bond acceptors (Lipinski definition) is 2. The summed E-state index contributed by atoms with van der Waals surface area (Å²) < 4.78 is 0. The van der Waals surface area contributed by atoms with Crippen molar-refractivity contribution in [3.8, 4) is 0 Å². The highest BCUT2D eigenvalue weighted by Crippen LogP contribution is 2.08. The quantitative estimate of drug-likeness (QED) is 0.691. The highest BCUT2D eigenvalue weighted by atomic mass is 15.2. The van der Waals surface area contributed by atoms with Crippen molar-refractivity contribution in [1.29, 1.82) is 0 Å². The van der Waals surface area contributed by atoms with E-state index in [1.54, 1.807) is 0 Å². The van der Waals surface area contributed by atoms with Crippen LogP contribution in [0.4, 0.5) is 0 Å². The minimum Gasteiger partial charge on any atom is -0.367 e. The summed E-state index contributed by atoms with van der Waals surface area (Å²) in [5, 5.41) is 3.43. The van der Waals surface area contributed by atoms with Crippen LogP contribution in [-0.2, 0) is 6.42 Å². The average molecular weight is 179 g/mol. The molecule has 0 saturated carbocycles. The Balaban J connectivity index is 1.93. The molecule has 2 heterocycles. The normalized spacial score (nSPS) is 24.8. The van der Waals surface area contributed by atoms with Gasteiger partial charge in [-0.05, 0) is 25.1 Å². The molecule has 1 aromatic rings. The lowest BCUT2D eigenvalue weighted by Gasteiger charge is -2.32. The molecule has 0 bridgehead atoms. The fourth-order valence-electron chi connectivity index (χ4n) is 1.85. The minimum absolute atomic E-state index is 0.657. The van der Waals surface area contributed by atoms with E-state index in [0.29, 0.717) is 6.04 Å². The number of hydrogen-bond donors (Lipinski definition) is 2. The standard InChI is InChI=1S/C10H17N3/c1-13-5-4-12-8-10(13)6-9-2-3-11-7-9/h2-3,7,10-12H,4-6,8H2,1H3. The summed E-state index contributed by atoms with van der Waals surface area (Å²) in [6.07, 6.45) is 5.22. The number of likely N-dealkylation sites (N-methyl/N-ethyl adjacent to an activating group) is 1. The van der Waals surface area contributed by atoms with E-state index in [9.17, 15) is 0 Å². The molecule has 2 N–H and O–H groups in total. The molecule has 0 aliphatic carbocycles. The summed E-state index contributed by atoms with van der Waals surface area (Å²) in [5.41, 5.74) is 1.40. The number of rotatable bonds is 2. The third-order valence-electron chi connectivity index (χ3n) is 2.78. The zero-order valence-corrected chi connectivity index (χ0v) is 8.09. The third-order valence-corrected chi connectivity index (χ3v) is 2.78. The summed E-state index contributed by atoms with van der Waals surface area (Å²) in [7, 11) is 2.21. The summed E-state index contributed by atoms with van der Waals surface area (Å²) >= 11 is 0. The van der Waals surface area contributed by atoms with Crippen LogP contribution in [0.25, 0.3) is 0 Å². The Kier molecular flexibility index (Phi) is 2.66.